The summed E-state index contributed by atoms with van der Waals surface area (Å²) in [5.41, 5.74) is 4.86. The molecule has 0 aliphatic heterocycles. The summed E-state index contributed by atoms with van der Waals surface area (Å²) in [7, 11) is 0. The minimum atomic E-state index is -2.89. The van der Waals surface area contributed by atoms with Crippen molar-refractivity contribution in [3.8, 4) is 28.5 Å². The van der Waals surface area contributed by atoms with Crippen molar-refractivity contribution in [2.24, 2.45) is 5.92 Å². The van der Waals surface area contributed by atoms with E-state index in [-0.39, 0.29) is 25.3 Å². The van der Waals surface area contributed by atoms with Gasteiger partial charge in [0.1, 0.15) is 12.4 Å². The van der Waals surface area contributed by atoms with Crippen LogP contribution in [0.25, 0.3) is 22.4 Å². The van der Waals surface area contributed by atoms with E-state index in [0.717, 1.165) is 38.7 Å². The highest BCUT2D eigenvalue weighted by atomic mass is 32.2. The molecule has 198 valence electrons. The molecule has 0 saturated heterocycles. The topological polar surface area (TPSA) is 81.6 Å². The van der Waals surface area contributed by atoms with Crippen molar-refractivity contribution in [3.63, 3.8) is 0 Å². The number of halogens is 2. The van der Waals surface area contributed by atoms with Crippen LogP contribution in [-0.4, -0.2) is 28.3 Å². The van der Waals surface area contributed by atoms with Crippen molar-refractivity contribution >= 4 is 17.7 Å². The molecule has 0 radical (unpaired) electrons. The van der Waals surface area contributed by atoms with Crippen LogP contribution in [-0.2, 0) is 10.5 Å². The highest BCUT2D eigenvalue weighted by Gasteiger charge is 2.45. The van der Waals surface area contributed by atoms with Crippen LogP contribution in [0.4, 0.5) is 8.78 Å². The molecule has 2 atom stereocenters. The molecule has 1 aromatic heterocycles. The van der Waals surface area contributed by atoms with Crippen molar-refractivity contribution in [1.29, 1.82) is 5.26 Å². The molecule has 1 saturated carbocycles. The van der Waals surface area contributed by atoms with Gasteiger partial charge < -0.3 is 10.3 Å². The maximum atomic E-state index is 14.3. The van der Waals surface area contributed by atoms with Gasteiger partial charge in [0.25, 0.3) is 0 Å². The Kier molecular flexibility index (Phi) is 8.08. The van der Waals surface area contributed by atoms with Crippen LogP contribution in [0.3, 0.4) is 0 Å². The molecule has 4 aromatic rings. The third-order valence-electron chi connectivity index (χ3n) is 7.12. The Morgan fingerprint density at radius 3 is 2.56 bits per heavy atom. The average Bonchev–Trinajstić information content (AvgIpc) is 3.44. The first kappa shape index (κ1) is 26.6. The predicted molar refractivity (Wildman–Crippen MR) is 149 cm³/mol. The number of thioether (sulfide) groups is 1. The van der Waals surface area contributed by atoms with E-state index < -0.39 is 24.2 Å². The number of nitrogens with zero attached hydrogens (tertiary/aromatic N) is 2. The van der Waals surface area contributed by atoms with Gasteiger partial charge in [-0.3, -0.25) is 4.79 Å². The van der Waals surface area contributed by atoms with E-state index in [4.69, 9.17) is 5.26 Å². The zero-order valence-corrected chi connectivity index (χ0v) is 22.1. The largest absolute Gasteiger partial charge is 0.343 e. The number of imidazole rings is 1. The van der Waals surface area contributed by atoms with Crippen LogP contribution in [0.15, 0.2) is 90.0 Å². The van der Waals surface area contributed by atoms with Crippen LogP contribution in [0.1, 0.15) is 36.6 Å². The van der Waals surface area contributed by atoms with Crippen molar-refractivity contribution in [3.05, 3.63) is 96.4 Å². The summed E-state index contributed by atoms with van der Waals surface area (Å²) in [6.45, 7) is -0.194. The molecule has 0 spiro atoms. The molecule has 3 aromatic carbocycles. The van der Waals surface area contributed by atoms with Crippen LogP contribution in [0.2, 0.25) is 0 Å². The van der Waals surface area contributed by atoms with Crippen LogP contribution in [0, 0.1) is 17.2 Å². The van der Waals surface area contributed by atoms with E-state index >= 15 is 0 Å². The molecule has 1 aliphatic rings. The first-order valence-electron chi connectivity index (χ1n) is 12.9. The summed E-state index contributed by atoms with van der Waals surface area (Å²) in [6.07, 6.45) is 1.27. The summed E-state index contributed by atoms with van der Waals surface area (Å²) >= 11 is 1.67. The highest BCUT2D eigenvalue weighted by molar-refractivity contribution is 7.98. The molecular weight excluding hydrogens is 514 g/mol. The normalized spacial score (nSPS) is 18.3. The Labute approximate surface area is 230 Å². The Balaban J connectivity index is 1.31. The number of alkyl halides is 2. The number of nitrogens with one attached hydrogen (secondary N) is 2. The van der Waals surface area contributed by atoms with Crippen LogP contribution >= 0.6 is 11.8 Å². The minimum Gasteiger partial charge on any atom is -0.343 e. The zero-order chi connectivity index (χ0) is 27.2. The number of hydrogen-bond acceptors (Lipinski definition) is 4. The number of rotatable bonds is 8. The van der Waals surface area contributed by atoms with E-state index in [1.54, 1.807) is 11.8 Å². The van der Waals surface area contributed by atoms with Crippen LogP contribution in [0.5, 0.6) is 0 Å². The quantitative estimate of drug-likeness (QED) is 0.182. The molecule has 0 bridgehead atoms. The fourth-order valence-electron chi connectivity index (χ4n) is 5.21. The van der Waals surface area contributed by atoms with Crippen LogP contribution < -0.4 is 5.32 Å². The van der Waals surface area contributed by atoms with Crippen molar-refractivity contribution in [2.45, 2.75) is 41.8 Å². The van der Waals surface area contributed by atoms with Gasteiger partial charge in [-0.2, -0.15) is 5.26 Å². The van der Waals surface area contributed by atoms with Gasteiger partial charge >= 0.3 is 0 Å². The molecule has 5 nitrogen and oxygen atoms in total. The lowest BCUT2D eigenvalue weighted by Crippen LogP contribution is -2.41. The SMILES string of the molecule is N#CCNC(=O)[C@@H]1CC(F)(F)CC[C@H]1c1ccccc1-c1ccc(SCc2ncc(-c3ccccc3)[nH]2)cc1. The third kappa shape index (κ3) is 6.37. The molecule has 1 heterocycles. The fraction of sp³-hybridized carbons (Fsp3) is 0.258. The van der Waals surface area contributed by atoms with E-state index in [2.05, 4.69) is 15.3 Å². The summed E-state index contributed by atoms with van der Waals surface area (Å²) in [5, 5.41) is 11.3. The zero-order valence-electron chi connectivity index (χ0n) is 21.2. The molecule has 1 aliphatic carbocycles. The fourth-order valence-corrected chi connectivity index (χ4v) is 5.98. The Morgan fingerprint density at radius 2 is 1.79 bits per heavy atom. The first-order valence-corrected chi connectivity index (χ1v) is 13.9. The first-order chi connectivity index (χ1) is 18.9. The Hall–Kier alpha value is -3.96. The standard InChI is InChI=1S/C31H28F2N4OS/c32-31(33)15-14-26(27(18-31)30(38)35-17-16-34)25-9-5-4-8-24(25)21-10-12-23(13-11-21)39-20-29-36-19-28(37-29)22-6-2-1-3-7-22/h1-13,19,26-27H,14-15,17-18,20H2,(H,35,38)(H,36,37)/t26-,27+/m0/s1. The lowest BCUT2D eigenvalue weighted by atomic mass is 9.72. The van der Waals surface area contributed by atoms with Crippen molar-refractivity contribution < 1.29 is 13.6 Å². The maximum absolute atomic E-state index is 14.3. The van der Waals surface area contributed by atoms with Crippen molar-refractivity contribution in [2.75, 3.05) is 6.54 Å². The average molecular weight is 543 g/mol. The van der Waals surface area contributed by atoms with E-state index in [0.29, 0.717) is 5.75 Å². The summed E-state index contributed by atoms with van der Waals surface area (Å²) in [4.78, 5) is 21.8. The second-order valence-corrected chi connectivity index (χ2v) is 10.7. The summed E-state index contributed by atoms with van der Waals surface area (Å²) < 4.78 is 28.6. The second kappa shape index (κ2) is 11.8. The molecule has 8 heteroatoms. The van der Waals surface area contributed by atoms with Gasteiger partial charge in [-0.25, -0.2) is 13.8 Å². The molecule has 5 rings (SSSR count). The molecule has 39 heavy (non-hydrogen) atoms. The Bertz CT molecular complexity index is 1460. The van der Waals surface area contributed by atoms with Gasteiger partial charge in [0.05, 0.1) is 29.6 Å². The minimum absolute atomic E-state index is 0.194. The van der Waals surface area contributed by atoms with E-state index in [1.165, 1.54) is 0 Å². The maximum Gasteiger partial charge on any atom is 0.249 e. The highest BCUT2D eigenvalue weighted by Crippen LogP contribution is 2.47. The third-order valence-corrected chi connectivity index (χ3v) is 8.14. The number of carbonyl (C=O) groups excluding carboxylic acids is 1. The molecule has 2 N–H and O–H groups in total. The number of H-pyrrole nitrogens is 1. The number of aromatic amines is 1. The van der Waals surface area contributed by atoms with Gasteiger partial charge in [0.2, 0.25) is 11.8 Å². The van der Waals surface area contributed by atoms with Gasteiger partial charge in [0.15, 0.2) is 0 Å². The predicted octanol–water partition coefficient (Wildman–Crippen LogP) is 7.19. The summed E-state index contributed by atoms with van der Waals surface area (Å²) in [6, 6.07) is 27.8. The van der Waals surface area contributed by atoms with Gasteiger partial charge in [-0.05, 0) is 46.7 Å². The lowest BCUT2D eigenvalue weighted by Gasteiger charge is -2.36. The number of aromatic nitrogens is 2. The lowest BCUT2D eigenvalue weighted by molar-refractivity contribution is -0.133. The van der Waals surface area contributed by atoms with E-state index in [9.17, 15) is 13.6 Å². The van der Waals surface area contributed by atoms with Gasteiger partial charge in [-0.1, -0.05) is 66.7 Å². The number of nitriles is 1. The molecule has 0 unspecified atom stereocenters. The van der Waals surface area contributed by atoms with Gasteiger partial charge in [-0.15, -0.1) is 11.8 Å². The second-order valence-electron chi connectivity index (χ2n) is 9.70. The Morgan fingerprint density at radius 1 is 1.05 bits per heavy atom. The number of amides is 1. The monoisotopic (exact) mass is 542 g/mol. The van der Waals surface area contributed by atoms with Gasteiger partial charge in [0, 0.05) is 17.7 Å². The van der Waals surface area contributed by atoms with Crippen molar-refractivity contribution in [1.82, 2.24) is 15.3 Å². The molecular formula is C31H28F2N4OS. The summed E-state index contributed by atoms with van der Waals surface area (Å²) in [5.74, 6) is -3.05. The number of carbonyl (C=O) groups is 1. The smallest absolute Gasteiger partial charge is 0.249 e. The van der Waals surface area contributed by atoms with E-state index in [1.807, 2.05) is 91.1 Å². The molecule has 1 amide bonds. The number of benzene rings is 3. The molecule has 1 fully saturated rings. The number of hydrogen-bond donors (Lipinski definition) is 2.